The molecule has 0 unspecified atom stereocenters. The second-order valence-corrected chi connectivity index (χ2v) is 4.20. The van der Waals surface area contributed by atoms with Gasteiger partial charge >= 0.3 is 0 Å². The van der Waals surface area contributed by atoms with Gasteiger partial charge in [0.1, 0.15) is 5.82 Å². The van der Waals surface area contributed by atoms with Crippen LogP contribution in [0.2, 0.25) is 0 Å². The zero-order chi connectivity index (χ0) is 12.4. The van der Waals surface area contributed by atoms with E-state index in [9.17, 15) is 4.79 Å². The minimum Gasteiger partial charge on any atom is -0.306 e. The predicted molar refractivity (Wildman–Crippen MR) is 69.1 cm³/mol. The first-order valence-electron chi connectivity index (χ1n) is 5.78. The zero-order valence-corrected chi connectivity index (χ0v) is 10.4. The Bertz CT molecular complexity index is 599. The van der Waals surface area contributed by atoms with E-state index in [0.717, 1.165) is 22.4 Å². The van der Waals surface area contributed by atoms with Crippen molar-refractivity contribution in [3.8, 4) is 11.4 Å². The molecule has 2 aromatic rings. The van der Waals surface area contributed by atoms with Gasteiger partial charge in [-0.25, -0.2) is 4.98 Å². The van der Waals surface area contributed by atoms with Crippen LogP contribution in [0.4, 0.5) is 0 Å². The summed E-state index contributed by atoms with van der Waals surface area (Å²) < 4.78 is 0. The Morgan fingerprint density at radius 2 is 2.06 bits per heavy atom. The monoisotopic (exact) mass is 228 g/mol. The number of H-pyrrole nitrogens is 1. The molecule has 17 heavy (non-hydrogen) atoms. The molecule has 88 valence electrons. The lowest BCUT2D eigenvalue weighted by atomic mass is 10.1. The normalized spacial score (nSPS) is 10.5. The van der Waals surface area contributed by atoms with Gasteiger partial charge in [-0.05, 0) is 26.3 Å². The molecular weight excluding hydrogens is 212 g/mol. The topological polar surface area (TPSA) is 45.8 Å². The molecule has 3 heteroatoms. The number of aryl methyl sites for hydroxylation is 2. The third kappa shape index (κ3) is 2.28. The van der Waals surface area contributed by atoms with E-state index in [1.165, 1.54) is 0 Å². The largest absolute Gasteiger partial charge is 0.306 e. The minimum atomic E-state index is -0.0310. The molecule has 3 nitrogen and oxygen atoms in total. The molecule has 0 aliphatic carbocycles. The van der Waals surface area contributed by atoms with E-state index in [-0.39, 0.29) is 5.56 Å². The summed E-state index contributed by atoms with van der Waals surface area (Å²) in [5.74, 6) is 0.647. The van der Waals surface area contributed by atoms with E-state index in [1.54, 1.807) is 0 Å². The molecule has 1 N–H and O–H groups in total. The SMILES string of the molecule is CCc1c(C)nc(-c2cccc(C)c2)[nH]c1=O. The zero-order valence-electron chi connectivity index (χ0n) is 10.4. The van der Waals surface area contributed by atoms with Crippen LogP contribution in [0, 0.1) is 13.8 Å². The Morgan fingerprint density at radius 3 is 2.65 bits per heavy atom. The summed E-state index contributed by atoms with van der Waals surface area (Å²) in [5.41, 5.74) is 3.65. The molecule has 0 amide bonds. The van der Waals surface area contributed by atoms with Gasteiger partial charge < -0.3 is 4.98 Å². The van der Waals surface area contributed by atoms with Crippen molar-refractivity contribution in [2.45, 2.75) is 27.2 Å². The van der Waals surface area contributed by atoms with Crippen LogP contribution in [-0.4, -0.2) is 9.97 Å². The van der Waals surface area contributed by atoms with Crippen LogP contribution < -0.4 is 5.56 Å². The first kappa shape index (κ1) is 11.6. The Labute approximate surface area is 101 Å². The lowest BCUT2D eigenvalue weighted by molar-refractivity contribution is 0.967. The van der Waals surface area contributed by atoms with Crippen molar-refractivity contribution < 1.29 is 0 Å². The van der Waals surface area contributed by atoms with E-state index < -0.39 is 0 Å². The van der Waals surface area contributed by atoms with E-state index >= 15 is 0 Å². The summed E-state index contributed by atoms with van der Waals surface area (Å²) in [5, 5.41) is 0. The molecule has 1 heterocycles. The Balaban J connectivity index is 2.58. The maximum atomic E-state index is 11.9. The van der Waals surface area contributed by atoms with Gasteiger partial charge in [0, 0.05) is 16.8 Å². The van der Waals surface area contributed by atoms with Gasteiger partial charge in [-0.15, -0.1) is 0 Å². The summed E-state index contributed by atoms with van der Waals surface area (Å²) >= 11 is 0. The predicted octanol–water partition coefficient (Wildman–Crippen LogP) is 2.62. The summed E-state index contributed by atoms with van der Waals surface area (Å²) in [6.07, 6.45) is 0.711. The maximum Gasteiger partial charge on any atom is 0.254 e. The quantitative estimate of drug-likeness (QED) is 0.858. The van der Waals surface area contributed by atoms with Gasteiger partial charge in [-0.1, -0.05) is 30.7 Å². The van der Waals surface area contributed by atoms with Crippen LogP contribution >= 0.6 is 0 Å². The molecule has 0 spiro atoms. The fraction of sp³-hybridized carbons (Fsp3) is 0.286. The molecule has 0 saturated heterocycles. The number of aromatic nitrogens is 2. The molecule has 1 aromatic heterocycles. The third-order valence-electron chi connectivity index (χ3n) is 2.87. The van der Waals surface area contributed by atoms with Crippen molar-refractivity contribution in [3.05, 3.63) is 51.4 Å². The smallest absolute Gasteiger partial charge is 0.254 e. The van der Waals surface area contributed by atoms with Gasteiger partial charge in [0.2, 0.25) is 0 Å². The van der Waals surface area contributed by atoms with E-state index in [0.29, 0.717) is 12.2 Å². The first-order valence-corrected chi connectivity index (χ1v) is 5.78. The lowest BCUT2D eigenvalue weighted by Gasteiger charge is -2.06. The van der Waals surface area contributed by atoms with Crippen LogP contribution in [0.5, 0.6) is 0 Å². The third-order valence-corrected chi connectivity index (χ3v) is 2.87. The van der Waals surface area contributed by atoms with Gasteiger partial charge in [-0.2, -0.15) is 0 Å². The van der Waals surface area contributed by atoms with Gasteiger partial charge in [-0.3, -0.25) is 4.79 Å². The number of benzene rings is 1. The average molecular weight is 228 g/mol. The molecule has 2 rings (SSSR count). The lowest BCUT2D eigenvalue weighted by Crippen LogP contribution is -2.16. The second-order valence-electron chi connectivity index (χ2n) is 4.20. The summed E-state index contributed by atoms with van der Waals surface area (Å²) in [7, 11) is 0. The van der Waals surface area contributed by atoms with E-state index in [1.807, 2.05) is 45.0 Å². The van der Waals surface area contributed by atoms with Crippen molar-refractivity contribution >= 4 is 0 Å². The molecule has 0 atom stereocenters. The molecule has 0 bridgehead atoms. The van der Waals surface area contributed by atoms with Crippen molar-refractivity contribution in [1.29, 1.82) is 0 Å². The van der Waals surface area contributed by atoms with Crippen LogP contribution in [0.3, 0.4) is 0 Å². The van der Waals surface area contributed by atoms with Crippen molar-refractivity contribution in [2.75, 3.05) is 0 Å². The van der Waals surface area contributed by atoms with Crippen LogP contribution in [0.15, 0.2) is 29.1 Å². The van der Waals surface area contributed by atoms with Gasteiger partial charge in [0.05, 0.1) is 0 Å². The highest BCUT2D eigenvalue weighted by molar-refractivity contribution is 5.56. The number of hydrogen-bond donors (Lipinski definition) is 1. The van der Waals surface area contributed by atoms with E-state index in [2.05, 4.69) is 9.97 Å². The standard InChI is InChI=1S/C14H16N2O/c1-4-12-10(3)15-13(16-14(12)17)11-7-5-6-9(2)8-11/h5-8H,4H2,1-3H3,(H,15,16,17). The van der Waals surface area contributed by atoms with Crippen LogP contribution in [0.25, 0.3) is 11.4 Å². The number of nitrogens with one attached hydrogen (secondary N) is 1. The van der Waals surface area contributed by atoms with Gasteiger partial charge in [0.15, 0.2) is 0 Å². The second kappa shape index (κ2) is 4.53. The molecule has 1 aromatic carbocycles. The van der Waals surface area contributed by atoms with Crippen molar-refractivity contribution in [2.24, 2.45) is 0 Å². The molecule has 0 fully saturated rings. The number of aromatic amines is 1. The van der Waals surface area contributed by atoms with E-state index in [4.69, 9.17) is 0 Å². The van der Waals surface area contributed by atoms with Crippen LogP contribution in [-0.2, 0) is 6.42 Å². The molecule has 0 radical (unpaired) electrons. The number of hydrogen-bond acceptors (Lipinski definition) is 2. The average Bonchev–Trinajstić information content (AvgIpc) is 2.28. The molecular formula is C14H16N2O. The molecule has 0 aliphatic rings. The number of nitrogens with zero attached hydrogens (tertiary/aromatic N) is 1. The Morgan fingerprint density at radius 1 is 1.29 bits per heavy atom. The first-order chi connectivity index (χ1) is 8.11. The highest BCUT2D eigenvalue weighted by atomic mass is 16.1. The molecule has 0 saturated carbocycles. The van der Waals surface area contributed by atoms with Crippen LogP contribution in [0.1, 0.15) is 23.7 Å². The highest BCUT2D eigenvalue weighted by Gasteiger charge is 2.07. The Kier molecular flexibility index (Phi) is 3.09. The summed E-state index contributed by atoms with van der Waals surface area (Å²) in [6.45, 7) is 5.87. The molecule has 0 aliphatic heterocycles. The Hall–Kier alpha value is -1.90. The van der Waals surface area contributed by atoms with Crippen molar-refractivity contribution in [1.82, 2.24) is 9.97 Å². The fourth-order valence-corrected chi connectivity index (χ4v) is 1.96. The number of rotatable bonds is 2. The maximum absolute atomic E-state index is 11.9. The highest BCUT2D eigenvalue weighted by Crippen LogP contribution is 2.15. The van der Waals surface area contributed by atoms with Gasteiger partial charge in [0.25, 0.3) is 5.56 Å². The summed E-state index contributed by atoms with van der Waals surface area (Å²) in [4.78, 5) is 19.2. The minimum absolute atomic E-state index is 0.0310. The van der Waals surface area contributed by atoms with Crippen molar-refractivity contribution in [3.63, 3.8) is 0 Å². The summed E-state index contributed by atoms with van der Waals surface area (Å²) in [6, 6.07) is 7.96. The fourth-order valence-electron chi connectivity index (χ4n) is 1.96.